The molecule has 0 N–H and O–H groups in total. The van der Waals surface area contributed by atoms with Crippen molar-refractivity contribution in [1.29, 1.82) is 0 Å². The molecule has 0 aromatic heterocycles. The number of benzene rings is 2. The average molecular weight is 555 g/mol. The van der Waals surface area contributed by atoms with Crippen LogP contribution in [0.25, 0.3) is 0 Å². The minimum Gasteiger partial charge on any atom is -0.342 e. The third-order valence-corrected chi connectivity index (χ3v) is 8.70. The van der Waals surface area contributed by atoms with E-state index in [-0.39, 0.29) is 41.7 Å². The molecular formula is C26H33Cl2N3O4S. The number of hydrogen-bond acceptors (Lipinski definition) is 4. The number of hydrogen-bond donors (Lipinski definition) is 0. The predicted molar refractivity (Wildman–Crippen MR) is 143 cm³/mol. The summed E-state index contributed by atoms with van der Waals surface area (Å²) >= 11 is 11.9. The first-order valence-corrected chi connectivity index (χ1v) is 14.5. The average Bonchev–Trinajstić information content (AvgIpc) is 2.87. The number of carbonyl (C=O) groups is 2. The van der Waals surface area contributed by atoms with Crippen LogP contribution in [-0.4, -0.2) is 72.4 Å². The Morgan fingerprint density at radius 1 is 1.08 bits per heavy atom. The summed E-state index contributed by atoms with van der Waals surface area (Å²) in [5.74, 6) is -0.471. The van der Waals surface area contributed by atoms with Gasteiger partial charge in [0.15, 0.2) is 0 Å². The van der Waals surface area contributed by atoms with E-state index >= 15 is 0 Å². The van der Waals surface area contributed by atoms with Crippen molar-refractivity contribution < 1.29 is 18.0 Å². The van der Waals surface area contributed by atoms with E-state index in [1.54, 1.807) is 46.2 Å². The molecule has 2 aromatic rings. The van der Waals surface area contributed by atoms with Gasteiger partial charge in [0.25, 0.3) is 0 Å². The van der Waals surface area contributed by atoms with Gasteiger partial charge < -0.3 is 9.80 Å². The Morgan fingerprint density at radius 2 is 1.75 bits per heavy atom. The van der Waals surface area contributed by atoms with Crippen LogP contribution in [-0.2, 0) is 26.2 Å². The second kappa shape index (κ2) is 12.9. The lowest BCUT2D eigenvalue weighted by Crippen LogP contribution is -2.51. The van der Waals surface area contributed by atoms with Crippen molar-refractivity contribution in [3.05, 3.63) is 64.7 Å². The van der Waals surface area contributed by atoms with Crippen molar-refractivity contribution in [1.82, 2.24) is 14.1 Å². The molecule has 0 atom stereocenters. The fourth-order valence-electron chi connectivity index (χ4n) is 4.40. The van der Waals surface area contributed by atoms with Gasteiger partial charge in [-0.1, -0.05) is 48.4 Å². The van der Waals surface area contributed by atoms with Crippen molar-refractivity contribution in [2.45, 2.75) is 50.6 Å². The number of piperidine rings is 1. The zero-order valence-corrected chi connectivity index (χ0v) is 23.0. The van der Waals surface area contributed by atoms with Gasteiger partial charge in [-0.2, -0.15) is 4.31 Å². The Hall–Kier alpha value is -2.13. The number of likely N-dealkylation sites (tertiary alicyclic amines) is 1. The first kappa shape index (κ1) is 28.4. The molecule has 1 aliphatic rings. The van der Waals surface area contributed by atoms with Crippen LogP contribution < -0.4 is 0 Å². The highest BCUT2D eigenvalue weighted by molar-refractivity contribution is 7.89. The molecule has 1 fully saturated rings. The minimum absolute atomic E-state index is 0.0708. The van der Waals surface area contributed by atoms with Crippen LogP contribution in [0.2, 0.25) is 5.02 Å². The maximum Gasteiger partial charge on any atom is 0.243 e. The molecule has 2 amide bonds. The highest BCUT2D eigenvalue weighted by Crippen LogP contribution is 2.23. The van der Waals surface area contributed by atoms with E-state index in [1.165, 1.54) is 4.31 Å². The molecule has 196 valence electrons. The number of carbonyl (C=O) groups excluding carboxylic acids is 2. The van der Waals surface area contributed by atoms with E-state index in [0.717, 1.165) is 11.1 Å². The molecule has 3 rings (SSSR count). The summed E-state index contributed by atoms with van der Waals surface area (Å²) in [5.41, 5.74) is 1.82. The molecule has 36 heavy (non-hydrogen) atoms. The lowest BCUT2D eigenvalue weighted by Gasteiger charge is -2.39. The zero-order chi connectivity index (χ0) is 26.3. The number of halogens is 2. The zero-order valence-electron chi connectivity index (χ0n) is 20.7. The van der Waals surface area contributed by atoms with Crippen LogP contribution in [0.1, 0.15) is 37.3 Å². The second-order valence-electron chi connectivity index (χ2n) is 9.05. The van der Waals surface area contributed by atoms with Crippen molar-refractivity contribution in [3.8, 4) is 0 Å². The standard InChI is InChI=1S/C26H33Cl2N3O4S/c1-3-13-30(36(34,35)24-9-7-20(2)8-10-24)19-26(33)31(18-21-5-4-6-22(28)16-21)23-11-14-29(15-12-23)25(32)17-27/h4-10,16,23H,3,11-15,17-19H2,1-2H3. The lowest BCUT2D eigenvalue weighted by atomic mass is 10.0. The van der Waals surface area contributed by atoms with Crippen LogP contribution >= 0.6 is 23.2 Å². The van der Waals surface area contributed by atoms with Gasteiger partial charge in [-0.25, -0.2) is 8.42 Å². The Bertz CT molecular complexity index is 1150. The van der Waals surface area contributed by atoms with Gasteiger partial charge in [0.05, 0.1) is 11.4 Å². The Balaban J connectivity index is 1.84. The number of alkyl halides is 1. The van der Waals surface area contributed by atoms with Crippen LogP contribution in [0.15, 0.2) is 53.4 Å². The molecule has 1 aliphatic heterocycles. The van der Waals surface area contributed by atoms with Gasteiger partial charge >= 0.3 is 0 Å². The number of rotatable bonds is 10. The number of nitrogens with zero attached hydrogens (tertiary/aromatic N) is 3. The fourth-order valence-corrected chi connectivity index (χ4v) is 6.26. The van der Waals surface area contributed by atoms with E-state index in [2.05, 4.69) is 0 Å². The summed E-state index contributed by atoms with van der Waals surface area (Å²) < 4.78 is 28.1. The van der Waals surface area contributed by atoms with Crippen molar-refractivity contribution >= 4 is 45.0 Å². The Labute approximate surface area is 224 Å². The molecule has 7 nitrogen and oxygen atoms in total. The summed E-state index contributed by atoms with van der Waals surface area (Å²) in [7, 11) is -3.85. The van der Waals surface area contributed by atoms with E-state index < -0.39 is 10.0 Å². The van der Waals surface area contributed by atoms with Crippen LogP contribution in [0.4, 0.5) is 0 Å². The highest BCUT2D eigenvalue weighted by atomic mass is 35.5. The summed E-state index contributed by atoms with van der Waals surface area (Å²) in [5, 5.41) is 0.567. The molecule has 0 aliphatic carbocycles. The quantitative estimate of drug-likeness (QED) is 0.411. The van der Waals surface area contributed by atoms with Crippen molar-refractivity contribution in [2.75, 3.05) is 32.1 Å². The molecule has 0 spiro atoms. The Kier molecular flexibility index (Phi) is 10.2. The van der Waals surface area contributed by atoms with Gasteiger partial charge in [-0.15, -0.1) is 11.6 Å². The number of sulfonamides is 1. The summed E-state index contributed by atoms with van der Waals surface area (Å²) in [4.78, 5) is 29.3. The fraction of sp³-hybridized carbons (Fsp3) is 0.462. The first-order valence-electron chi connectivity index (χ1n) is 12.1. The van der Waals surface area contributed by atoms with Crippen molar-refractivity contribution in [3.63, 3.8) is 0 Å². The maximum atomic E-state index is 13.7. The molecule has 0 bridgehead atoms. The largest absolute Gasteiger partial charge is 0.342 e. The monoisotopic (exact) mass is 553 g/mol. The lowest BCUT2D eigenvalue weighted by molar-refractivity contribution is -0.136. The summed E-state index contributed by atoms with van der Waals surface area (Å²) in [6.45, 7) is 5.05. The number of aryl methyl sites for hydroxylation is 1. The van der Waals surface area contributed by atoms with Gasteiger partial charge in [-0.05, 0) is 56.0 Å². The third-order valence-electron chi connectivity index (χ3n) is 6.38. The molecule has 0 unspecified atom stereocenters. The summed E-state index contributed by atoms with van der Waals surface area (Å²) in [6, 6.07) is 13.8. The smallest absolute Gasteiger partial charge is 0.243 e. The molecular weight excluding hydrogens is 521 g/mol. The number of amides is 2. The maximum absolute atomic E-state index is 13.7. The first-order chi connectivity index (χ1) is 17.1. The Morgan fingerprint density at radius 3 is 2.33 bits per heavy atom. The van der Waals surface area contributed by atoms with Crippen molar-refractivity contribution in [2.24, 2.45) is 0 Å². The predicted octanol–water partition coefficient (Wildman–Crippen LogP) is 4.31. The molecule has 0 saturated carbocycles. The second-order valence-corrected chi connectivity index (χ2v) is 11.7. The SMILES string of the molecule is CCCN(CC(=O)N(Cc1cccc(Cl)c1)C1CCN(C(=O)CCl)CC1)S(=O)(=O)c1ccc(C)cc1. The molecule has 1 heterocycles. The van der Waals surface area contributed by atoms with Gasteiger partial charge in [-0.3, -0.25) is 9.59 Å². The molecule has 0 radical (unpaired) electrons. The normalized spacial score (nSPS) is 14.8. The van der Waals surface area contributed by atoms with Gasteiger partial charge in [0, 0.05) is 37.2 Å². The summed E-state index contributed by atoms with van der Waals surface area (Å²) in [6.07, 6.45) is 1.76. The highest BCUT2D eigenvalue weighted by Gasteiger charge is 2.33. The van der Waals surface area contributed by atoms with Crippen LogP contribution in [0.3, 0.4) is 0 Å². The van der Waals surface area contributed by atoms with Gasteiger partial charge in [0.2, 0.25) is 21.8 Å². The van der Waals surface area contributed by atoms with E-state index in [1.807, 2.05) is 26.0 Å². The molecule has 1 saturated heterocycles. The molecule has 2 aromatic carbocycles. The topological polar surface area (TPSA) is 78.0 Å². The van der Waals surface area contributed by atoms with Crippen LogP contribution in [0, 0.1) is 6.92 Å². The van der Waals surface area contributed by atoms with Gasteiger partial charge in [0.1, 0.15) is 5.88 Å². The third kappa shape index (κ3) is 7.22. The van der Waals surface area contributed by atoms with E-state index in [4.69, 9.17) is 23.2 Å². The van der Waals surface area contributed by atoms with E-state index in [9.17, 15) is 18.0 Å². The van der Waals surface area contributed by atoms with Crippen LogP contribution in [0.5, 0.6) is 0 Å². The van der Waals surface area contributed by atoms with E-state index in [0.29, 0.717) is 43.9 Å². The minimum atomic E-state index is -3.85. The molecule has 10 heteroatoms.